The SMILES string of the molecule is O=C(Oc1cccc(N2C(=O)[C@@H]3CC=CC[C@H]3C2=O)c1)[C@H]1CC(=O)N(c2cccc(Cl)c2)C1. The molecule has 0 aromatic heterocycles. The summed E-state index contributed by atoms with van der Waals surface area (Å²) in [5.74, 6) is -2.26. The molecule has 3 aliphatic rings. The summed E-state index contributed by atoms with van der Waals surface area (Å²) in [5, 5.41) is 0.504. The fourth-order valence-corrected chi connectivity index (χ4v) is 4.88. The van der Waals surface area contributed by atoms with Crippen molar-refractivity contribution in [1.29, 1.82) is 0 Å². The molecule has 2 aromatic carbocycles. The van der Waals surface area contributed by atoms with E-state index in [1.54, 1.807) is 42.5 Å². The predicted molar refractivity (Wildman–Crippen MR) is 122 cm³/mol. The summed E-state index contributed by atoms with van der Waals surface area (Å²) in [4.78, 5) is 53.6. The second-order valence-corrected chi connectivity index (χ2v) is 8.91. The van der Waals surface area contributed by atoms with Gasteiger partial charge in [-0.15, -0.1) is 0 Å². The maximum Gasteiger partial charge on any atom is 0.316 e. The van der Waals surface area contributed by atoms with Gasteiger partial charge in [-0.25, -0.2) is 4.90 Å². The fourth-order valence-electron chi connectivity index (χ4n) is 4.70. The van der Waals surface area contributed by atoms with Crippen LogP contribution in [-0.2, 0) is 19.2 Å². The molecule has 3 amide bonds. The molecule has 5 rings (SSSR count). The van der Waals surface area contributed by atoms with Gasteiger partial charge in [-0.2, -0.15) is 0 Å². The minimum atomic E-state index is -0.635. The van der Waals surface area contributed by atoms with Crippen molar-refractivity contribution < 1.29 is 23.9 Å². The highest BCUT2D eigenvalue weighted by Gasteiger charge is 2.48. The van der Waals surface area contributed by atoms with Gasteiger partial charge in [0.05, 0.1) is 23.4 Å². The van der Waals surface area contributed by atoms with Crippen LogP contribution in [0.2, 0.25) is 5.02 Å². The first-order valence-electron chi connectivity index (χ1n) is 10.8. The largest absolute Gasteiger partial charge is 0.426 e. The average molecular weight is 465 g/mol. The lowest BCUT2D eigenvalue weighted by Crippen LogP contribution is -2.31. The van der Waals surface area contributed by atoms with Crippen LogP contribution in [0.1, 0.15) is 19.3 Å². The topological polar surface area (TPSA) is 84.0 Å². The number of benzene rings is 2. The molecule has 2 fully saturated rings. The zero-order valence-electron chi connectivity index (χ0n) is 17.6. The van der Waals surface area contributed by atoms with E-state index < -0.39 is 11.9 Å². The molecular formula is C25H21ClN2O5. The summed E-state index contributed by atoms with van der Waals surface area (Å²) in [6, 6.07) is 13.3. The summed E-state index contributed by atoms with van der Waals surface area (Å²) < 4.78 is 5.54. The highest BCUT2D eigenvalue weighted by Crippen LogP contribution is 2.38. The Kier molecular flexibility index (Phi) is 5.50. The molecule has 2 heterocycles. The third kappa shape index (κ3) is 3.93. The summed E-state index contributed by atoms with van der Waals surface area (Å²) in [6.45, 7) is 0.192. The van der Waals surface area contributed by atoms with Crippen LogP contribution < -0.4 is 14.5 Å². The Morgan fingerprint density at radius 2 is 1.58 bits per heavy atom. The van der Waals surface area contributed by atoms with Gasteiger partial charge in [-0.3, -0.25) is 19.2 Å². The highest BCUT2D eigenvalue weighted by atomic mass is 35.5. The number of nitrogens with zero attached hydrogens (tertiary/aromatic N) is 2. The molecule has 0 N–H and O–H groups in total. The molecule has 2 aromatic rings. The lowest BCUT2D eigenvalue weighted by atomic mass is 9.85. The predicted octanol–water partition coefficient (Wildman–Crippen LogP) is 3.75. The molecule has 0 spiro atoms. The number of hydrogen-bond acceptors (Lipinski definition) is 5. The van der Waals surface area contributed by atoms with E-state index in [9.17, 15) is 19.2 Å². The minimum Gasteiger partial charge on any atom is -0.426 e. The molecule has 33 heavy (non-hydrogen) atoms. The molecular weight excluding hydrogens is 444 g/mol. The number of anilines is 2. The van der Waals surface area contributed by atoms with Crippen LogP contribution >= 0.6 is 11.6 Å². The molecule has 168 valence electrons. The molecule has 7 nitrogen and oxygen atoms in total. The van der Waals surface area contributed by atoms with Crippen molar-refractivity contribution in [2.24, 2.45) is 17.8 Å². The van der Waals surface area contributed by atoms with Crippen LogP contribution in [0.3, 0.4) is 0 Å². The summed E-state index contributed by atoms with van der Waals surface area (Å²) in [6.07, 6.45) is 5.01. The Bertz CT molecular complexity index is 1170. The summed E-state index contributed by atoms with van der Waals surface area (Å²) >= 11 is 6.02. The van der Waals surface area contributed by atoms with Crippen molar-refractivity contribution in [3.8, 4) is 5.75 Å². The number of imide groups is 1. The number of carbonyl (C=O) groups excluding carboxylic acids is 4. The number of halogens is 1. The van der Waals surface area contributed by atoms with Gasteiger partial charge in [0.15, 0.2) is 0 Å². The minimum absolute atomic E-state index is 0.0322. The van der Waals surface area contributed by atoms with Crippen molar-refractivity contribution >= 4 is 46.7 Å². The Balaban J connectivity index is 1.29. The zero-order chi connectivity index (χ0) is 23.1. The number of ether oxygens (including phenoxy) is 1. The maximum atomic E-state index is 12.8. The Morgan fingerprint density at radius 1 is 0.909 bits per heavy atom. The van der Waals surface area contributed by atoms with Gasteiger partial charge >= 0.3 is 5.97 Å². The van der Waals surface area contributed by atoms with E-state index in [0.717, 1.165) is 0 Å². The van der Waals surface area contributed by atoms with Gasteiger partial charge in [0.2, 0.25) is 17.7 Å². The van der Waals surface area contributed by atoms with Gasteiger partial charge in [0.25, 0.3) is 0 Å². The fraction of sp³-hybridized carbons (Fsp3) is 0.280. The van der Waals surface area contributed by atoms with Crippen LogP contribution in [0, 0.1) is 17.8 Å². The van der Waals surface area contributed by atoms with Crippen LogP contribution in [0.4, 0.5) is 11.4 Å². The molecule has 3 atom stereocenters. The van der Waals surface area contributed by atoms with Crippen molar-refractivity contribution in [3.05, 3.63) is 65.7 Å². The molecule has 0 radical (unpaired) electrons. The number of fused-ring (bicyclic) bond motifs is 1. The van der Waals surface area contributed by atoms with Crippen molar-refractivity contribution in [2.75, 3.05) is 16.3 Å². The molecule has 2 saturated heterocycles. The number of amides is 3. The van der Waals surface area contributed by atoms with Crippen molar-refractivity contribution in [1.82, 2.24) is 0 Å². The molecule has 8 heteroatoms. The first-order chi connectivity index (χ1) is 15.9. The van der Waals surface area contributed by atoms with Gasteiger partial charge in [0.1, 0.15) is 5.75 Å². The second kappa shape index (κ2) is 8.48. The quantitative estimate of drug-likeness (QED) is 0.298. The first kappa shape index (κ1) is 21.4. The number of carbonyl (C=O) groups is 4. The third-order valence-electron chi connectivity index (χ3n) is 6.38. The van der Waals surface area contributed by atoms with E-state index in [0.29, 0.717) is 29.2 Å². The van der Waals surface area contributed by atoms with Gasteiger partial charge in [-0.1, -0.05) is 35.9 Å². The first-order valence-corrected chi connectivity index (χ1v) is 11.2. The number of rotatable bonds is 4. The Morgan fingerprint density at radius 3 is 2.27 bits per heavy atom. The zero-order valence-corrected chi connectivity index (χ0v) is 18.4. The standard InChI is InChI=1S/C25H21ClN2O5/c26-16-5-3-6-17(12-16)27-14-15(11-22(27)29)25(32)33-19-8-4-7-18(13-19)28-23(30)20-9-1-2-10-21(20)24(28)31/h1-8,12-13,15,20-21H,9-11,14H2/t15-,20+,21+/m0/s1. The van der Waals surface area contributed by atoms with Crippen LogP contribution in [0.15, 0.2) is 60.7 Å². The van der Waals surface area contributed by atoms with E-state index in [1.165, 1.54) is 15.9 Å². The van der Waals surface area contributed by atoms with Crippen LogP contribution in [0.25, 0.3) is 0 Å². The van der Waals surface area contributed by atoms with Crippen LogP contribution in [-0.4, -0.2) is 30.2 Å². The molecule has 0 unspecified atom stereocenters. The molecule has 0 bridgehead atoms. The van der Waals surface area contributed by atoms with Crippen molar-refractivity contribution in [3.63, 3.8) is 0 Å². The van der Waals surface area contributed by atoms with E-state index >= 15 is 0 Å². The lowest BCUT2D eigenvalue weighted by molar-refractivity contribution is -0.139. The number of allylic oxidation sites excluding steroid dienone is 2. The monoisotopic (exact) mass is 464 g/mol. The van der Waals surface area contributed by atoms with E-state index in [1.807, 2.05) is 12.2 Å². The van der Waals surface area contributed by atoms with Gasteiger partial charge in [0, 0.05) is 29.7 Å². The normalized spacial score (nSPS) is 24.4. The second-order valence-electron chi connectivity index (χ2n) is 8.47. The number of hydrogen-bond donors (Lipinski definition) is 0. The van der Waals surface area contributed by atoms with E-state index in [4.69, 9.17) is 16.3 Å². The average Bonchev–Trinajstić information content (AvgIpc) is 3.32. The maximum absolute atomic E-state index is 12.8. The van der Waals surface area contributed by atoms with E-state index in [-0.39, 0.29) is 48.3 Å². The summed E-state index contributed by atoms with van der Waals surface area (Å²) in [7, 11) is 0. The van der Waals surface area contributed by atoms with E-state index in [2.05, 4.69) is 0 Å². The molecule has 0 saturated carbocycles. The lowest BCUT2D eigenvalue weighted by Gasteiger charge is -2.17. The smallest absolute Gasteiger partial charge is 0.316 e. The highest BCUT2D eigenvalue weighted by molar-refractivity contribution is 6.31. The molecule has 1 aliphatic carbocycles. The van der Waals surface area contributed by atoms with Crippen LogP contribution in [0.5, 0.6) is 5.75 Å². The summed E-state index contributed by atoms with van der Waals surface area (Å²) in [5.41, 5.74) is 1.01. The number of esters is 1. The van der Waals surface area contributed by atoms with Crippen molar-refractivity contribution in [2.45, 2.75) is 19.3 Å². The Hall–Kier alpha value is -3.45. The Labute approximate surface area is 195 Å². The molecule has 2 aliphatic heterocycles. The van der Waals surface area contributed by atoms with Gasteiger partial charge < -0.3 is 9.64 Å². The third-order valence-corrected chi connectivity index (χ3v) is 6.62. The van der Waals surface area contributed by atoms with Gasteiger partial charge in [-0.05, 0) is 43.2 Å².